The monoisotopic (exact) mass is 409 g/mol. The maximum absolute atomic E-state index is 14.1. The van der Waals surface area contributed by atoms with Crippen LogP contribution in [-0.4, -0.2) is 11.7 Å². The molecule has 30 heavy (non-hydrogen) atoms. The fourth-order valence-electron chi connectivity index (χ4n) is 7.77. The predicted octanol–water partition coefficient (Wildman–Crippen LogP) is 5.91. The van der Waals surface area contributed by atoms with Crippen LogP contribution in [-0.2, 0) is 9.59 Å². The lowest BCUT2D eigenvalue weighted by molar-refractivity contribution is -0.127. The Kier molecular flexibility index (Phi) is 4.68. The quantitative estimate of drug-likeness (QED) is 0.660. The highest BCUT2D eigenvalue weighted by Crippen LogP contribution is 2.66. The molecule has 6 atom stereocenters. The summed E-state index contributed by atoms with van der Waals surface area (Å²) in [7, 11) is 0. The number of fused-ring (bicyclic) bond motifs is 5. The molecule has 3 fully saturated rings. The Morgan fingerprint density at radius 3 is 2.63 bits per heavy atom. The van der Waals surface area contributed by atoms with Crippen LogP contribution in [0.15, 0.2) is 35.9 Å². The highest BCUT2D eigenvalue weighted by atomic mass is 19.1. The van der Waals surface area contributed by atoms with Gasteiger partial charge < -0.3 is 5.32 Å². The van der Waals surface area contributed by atoms with Gasteiger partial charge >= 0.3 is 0 Å². The largest absolute Gasteiger partial charge is 0.323 e. The van der Waals surface area contributed by atoms with E-state index >= 15 is 0 Å². The predicted molar refractivity (Wildman–Crippen MR) is 115 cm³/mol. The lowest BCUT2D eigenvalue weighted by atomic mass is 9.47. The molecular weight excluding hydrogens is 377 g/mol. The molecule has 5 rings (SSSR count). The molecule has 4 aliphatic carbocycles. The van der Waals surface area contributed by atoms with Gasteiger partial charge in [-0.15, -0.1) is 0 Å². The number of amides is 1. The number of carbonyl (C=O) groups is 2. The minimum atomic E-state index is -0.374. The van der Waals surface area contributed by atoms with Crippen LogP contribution in [0.25, 0.3) is 0 Å². The summed E-state index contributed by atoms with van der Waals surface area (Å²) in [5.74, 6) is 1.65. The van der Waals surface area contributed by atoms with Crippen LogP contribution in [0.5, 0.6) is 0 Å². The molecule has 1 amide bonds. The first kappa shape index (κ1) is 20.0. The van der Waals surface area contributed by atoms with E-state index in [-0.39, 0.29) is 34.2 Å². The Bertz CT molecular complexity index is 923. The molecule has 1 aromatic carbocycles. The molecule has 0 aromatic heterocycles. The molecule has 3 nitrogen and oxygen atoms in total. The molecular formula is C26H32FNO2. The average molecular weight is 410 g/mol. The Morgan fingerprint density at radius 2 is 1.83 bits per heavy atom. The third kappa shape index (κ3) is 2.90. The van der Waals surface area contributed by atoms with Crippen LogP contribution in [0.1, 0.15) is 65.2 Å². The Morgan fingerprint density at radius 1 is 1.03 bits per heavy atom. The maximum Gasteiger partial charge on any atom is 0.228 e. The zero-order valence-electron chi connectivity index (χ0n) is 18.0. The lowest BCUT2D eigenvalue weighted by Crippen LogP contribution is -2.51. The minimum absolute atomic E-state index is 0.0153. The number of nitrogens with one attached hydrogen (secondary N) is 1. The number of anilines is 1. The standard InChI is InChI=1S/C26H32FNO2/c1-25-13-11-17(29)15-16(25)7-8-18-19-9-10-21(26(19,2)14-12-20(18)25)24(30)28-23-6-4-3-5-22(23)27/h3-6,15,18-21H,7-14H2,1-2H3,(H,28,30)/t18-,19-,20+,21?,25-,26-/m0/s1. The van der Waals surface area contributed by atoms with Gasteiger partial charge in [0.25, 0.3) is 0 Å². The van der Waals surface area contributed by atoms with Gasteiger partial charge in [0.1, 0.15) is 5.82 Å². The molecule has 1 aromatic rings. The zero-order valence-corrected chi connectivity index (χ0v) is 18.0. The normalized spacial score (nSPS) is 40.1. The summed E-state index contributed by atoms with van der Waals surface area (Å²) in [6, 6.07) is 6.43. The summed E-state index contributed by atoms with van der Waals surface area (Å²) >= 11 is 0. The fourth-order valence-corrected chi connectivity index (χ4v) is 7.77. The van der Waals surface area contributed by atoms with E-state index in [1.54, 1.807) is 18.2 Å². The second-order valence-corrected chi connectivity index (χ2v) is 10.6. The average Bonchev–Trinajstić information content (AvgIpc) is 3.07. The van der Waals surface area contributed by atoms with Gasteiger partial charge in [0, 0.05) is 12.3 Å². The van der Waals surface area contributed by atoms with Crippen molar-refractivity contribution in [3.63, 3.8) is 0 Å². The Balaban J connectivity index is 1.38. The molecule has 4 aliphatic rings. The van der Waals surface area contributed by atoms with Crippen molar-refractivity contribution in [3.8, 4) is 0 Å². The molecule has 0 radical (unpaired) electrons. The van der Waals surface area contributed by atoms with Crippen LogP contribution in [0.2, 0.25) is 0 Å². The van der Waals surface area contributed by atoms with Gasteiger partial charge in [0.2, 0.25) is 5.91 Å². The van der Waals surface area contributed by atoms with E-state index in [0.717, 1.165) is 44.9 Å². The van der Waals surface area contributed by atoms with Gasteiger partial charge in [-0.25, -0.2) is 4.39 Å². The van der Waals surface area contributed by atoms with Crippen LogP contribution in [0, 0.1) is 40.3 Å². The van der Waals surface area contributed by atoms with Gasteiger partial charge in [-0.2, -0.15) is 0 Å². The van der Waals surface area contributed by atoms with Crippen molar-refractivity contribution < 1.29 is 14.0 Å². The number of benzene rings is 1. The summed E-state index contributed by atoms with van der Waals surface area (Å²) in [6.45, 7) is 4.70. The lowest BCUT2D eigenvalue weighted by Gasteiger charge is -2.58. The SMILES string of the molecule is C[C@]12CCC(=O)C=C1CC[C@@H]1[C@H]2CC[C@]2(C)C(C(=O)Nc3ccccc3F)CC[C@@H]12. The van der Waals surface area contributed by atoms with E-state index in [4.69, 9.17) is 0 Å². The van der Waals surface area contributed by atoms with Gasteiger partial charge in [-0.05, 0) is 91.7 Å². The molecule has 0 aliphatic heterocycles. The maximum atomic E-state index is 14.1. The van der Waals surface area contributed by atoms with E-state index in [1.165, 1.54) is 11.6 Å². The minimum Gasteiger partial charge on any atom is -0.323 e. The Labute approximate surface area is 178 Å². The second-order valence-electron chi connectivity index (χ2n) is 10.6. The first-order valence-electron chi connectivity index (χ1n) is 11.6. The topological polar surface area (TPSA) is 46.2 Å². The van der Waals surface area contributed by atoms with Crippen molar-refractivity contribution in [2.24, 2.45) is 34.5 Å². The van der Waals surface area contributed by atoms with Crippen LogP contribution >= 0.6 is 0 Å². The number of carbonyl (C=O) groups excluding carboxylic acids is 2. The van der Waals surface area contributed by atoms with Gasteiger partial charge in [-0.3, -0.25) is 9.59 Å². The molecule has 3 saturated carbocycles. The summed E-state index contributed by atoms with van der Waals surface area (Å²) in [6.07, 6.45) is 9.94. The van der Waals surface area contributed by atoms with E-state index < -0.39 is 0 Å². The summed E-state index contributed by atoms with van der Waals surface area (Å²) in [5, 5.41) is 2.88. The summed E-state index contributed by atoms with van der Waals surface area (Å²) in [5.41, 5.74) is 1.81. The Hall–Kier alpha value is -1.97. The number of para-hydroxylation sites is 1. The number of ketones is 1. The summed E-state index contributed by atoms with van der Waals surface area (Å²) in [4.78, 5) is 25.2. The van der Waals surface area contributed by atoms with Gasteiger partial charge in [0.15, 0.2) is 5.78 Å². The summed E-state index contributed by atoms with van der Waals surface area (Å²) < 4.78 is 14.1. The molecule has 160 valence electrons. The van der Waals surface area contributed by atoms with Crippen molar-refractivity contribution in [2.75, 3.05) is 5.32 Å². The zero-order chi connectivity index (χ0) is 21.1. The third-order valence-electron chi connectivity index (χ3n) is 9.41. The van der Waals surface area contributed by atoms with E-state index in [0.29, 0.717) is 30.0 Å². The van der Waals surface area contributed by atoms with Gasteiger partial charge in [0.05, 0.1) is 5.69 Å². The number of allylic oxidation sites excluding steroid dienone is 1. The highest BCUT2D eigenvalue weighted by Gasteiger charge is 2.60. The molecule has 0 saturated heterocycles. The number of hydrogen-bond donors (Lipinski definition) is 1. The van der Waals surface area contributed by atoms with Crippen molar-refractivity contribution in [1.29, 1.82) is 0 Å². The number of halogens is 1. The third-order valence-corrected chi connectivity index (χ3v) is 9.41. The molecule has 0 bridgehead atoms. The van der Waals surface area contributed by atoms with Crippen molar-refractivity contribution in [2.45, 2.75) is 65.2 Å². The van der Waals surface area contributed by atoms with E-state index in [2.05, 4.69) is 19.2 Å². The molecule has 4 heteroatoms. The smallest absolute Gasteiger partial charge is 0.228 e. The second kappa shape index (κ2) is 7.03. The molecule has 1 unspecified atom stereocenters. The first-order valence-corrected chi connectivity index (χ1v) is 11.6. The van der Waals surface area contributed by atoms with E-state index in [9.17, 15) is 14.0 Å². The fraction of sp³-hybridized carbons (Fsp3) is 0.615. The molecule has 0 spiro atoms. The van der Waals surface area contributed by atoms with Crippen molar-refractivity contribution in [3.05, 3.63) is 41.7 Å². The highest BCUT2D eigenvalue weighted by molar-refractivity contribution is 5.93. The number of rotatable bonds is 2. The van der Waals surface area contributed by atoms with Crippen molar-refractivity contribution >= 4 is 17.4 Å². The molecule has 0 heterocycles. The van der Waals surface area contributed by atoms with Crippen LogP contribution in [0.3, 0.4) is 0 Å². The van der Waals surface area contributed by atoms with E-state index in [1.807, 2.05) is 6.08 Å². The van der Waals surface area contributed by atoms with Gasteiger partial charge in [-0.1, -0.05) is 31.6 Å². The number of hydrogen-bond acceptors (Lipinski definition) is 2. The van der Waals surface area contributed by atoms with Crippen molar-refractivity contribution in [1.82, 2.24) is 0 Å². The first-order chi connectivity index (χ1) is 14.3. The van der Waals surface area contributed by atoms with Crippen LogP contribution in [0.4, 0.5) is 10.1 Å². The molecule has 1 N–H and O–H groups in total. The van der Waals surface area contributed by atoms with Crippen LogP contribution < -0.4 is 5.32 Å².